The average Bonchev–Trinajstić information content (AvgIpc) is 2.16. The molecule has 2 nitrogen and oxygen atoms in total. The lowest BCUT2D eigenvalue weighted by molar-refractivity contribution is 0.411. The van der Waals surface area contributed by atoms with Gasteiger partial charge in [0.1, 0.15) is 5.75 Å². The first-order valence-electron chi connectivity index (χ1n) is 4.29. The molecule has 0 N–H and O–H groups in total. The van der Waals surface area contributed by atoms with Gasteiger partial charge in [0.15, 0.2) is 0 Å². The number of aryl methyl sites for hydroxylation is 1. The van der Waals surface area contributed by atoms with Crippen LogP contribution in [0, 0.1) is 18.3 Å². The van der Waals surface area contributed by atoms with Crippen LogP contribution < -0.4 is 4.74 Å². The number of nitrogens with zero attached hydrogens (tertiary/aromatic N) is 1. The zero-order chi connectivity index (χ0) is 9.68. The highest BCUT2D eigenvalue weighted by atomic mass is 16.5. The smallest absolute Gasteiger partial charge is 0.122 e. The van der Waals surface area contributed by atoms with Gasteiger partial charge in [0, 0.05) is 6.42 Å². The Morgan fingerprint density at radius 3 is 2.85 bits per heavy atom. The van der Waals surface area contributed by atoms with E-state index < -0.39 is 0 Å². The van der Waals surface area contributed by atoms with Crippen molar-refractivity contribution in [3.63, 3.8) is 0 Å². The minimum Gasteiger partial charge on any atom is -0.496 e. The zero-order valence-electron chi connectivity index (χ0n) is 8.00. The lowest BCUT2D eigenvalue weighted by atomic mass is 10.0. The Hall–Kier alpha value is -1.49. The van der Waals surface area contributed by atoms with Crippen molar-refractivity contribution in [1.82, 2.24) is 0 Å². The maximum atomic E-state index is 8.46. The molecule has 2 heteroatoms. The molecule has 0 aromatic heterocycles. The summed E-state index contributed by atoms with van der Waals surface area (Å²) >= 11 is 0. The molecule has 0 amide bonds. The molecule has 1 aromatic rings. The van der Waals surface area contributed by atoms with Gasteiger partial charge in [-0.2, -0.15) is 5.26 Å². The Balaban J connectivity index is 2.89. The Kier molecular flexibility index (Phi) is 3.33. The zero-order valence-corrected chi connectivity index (χ0v) is 8.00. The van der Waals surface area contributed by atoms with Gasteiger partial charge in [-0.05, 0) is 30.5 Å². The molecule has 13 heavy (non-hydrogen) atoms. The first-order chi connectivity index (χ1) is 6.29. The van der Waals surface area contributed by atoms with E-state index in [1.54, 1.807) is 7.11 Å². The number of ether oxygens (including phenoxy) is 1. The van der Waals surface area contributed by atoms with Crippen LogP contribution in [0.3, 0.4) is 0 Å². The van der Waals surface area contributed by atoms with Crippen molar-refractivity contribution in [3.05, 3.63) is 29.3 Å². The Labute approximate surface area is 78.8 Å². The van der Waals surface area contributed by atoms with Crippen molar-refractivity contribution in [2.45, 2.75) is 19.8 Å². The predicted octanol–water partition coefficient (Wildman–Crippen LogP) is 2.46. The predicted molar refractivity (Wildman–Crippen MR) is 51.7 cm³/mol. The molecular formula is C11H13NO. The van der Waals surface area contributed by atoms with E-state index in [4.69, 9.17) is 10.00 Å². The van der Waals surface area contributed by atoms with E-state index in [-0.39, 0.29) is 0 Å². The van der Waals surface area contributed by atoms with E-state index >= 15 is 0 Å². The van der Waals surface area contributed by atoms with Crippen molar-refractivity contribution in [2.24, 2.45) is 0 Å². The molecule has 0 atom stereocenters. The van der Waals surface area contributed by atoms with Crippen molar-refractivity contribution >= 4 is 0 Å². The van der Waals surface area contributed by atoms with Gasteiger partial charge in [-0.15, -0.1) is 0 Å². The molecular weight excluding hydrogens is 162 g/mol. The van der Waals surface area contributed by atoms with Crippen LogP contribution in [-0.4, -0.2) is 7.11 Å². The SMILES string of the molecule is COc1cccc(CCC#N)c1C. The van der Waals surface area contributed by atoms with Gasteiger partial charge in [0.25, 0.3) is 0 Å². The van der Waals surface area contributed by atoms with Crippen LogP contribution >= 0.6 is 0 Å². The molecule has 0 spiro atoms. The van der Waals surface area contributed by atoms with Gasteiger partial charge in [-0.3, -0.25) is 0 Å². The summed E-state index contributed by atoms with van der Waals surface area (Å²) in [5.41, 5.74) is 2.33. The standard InChI is InChI=1S/C11H13NO/c1-9-10(6-4-8-12)5-3-7-11(9)13-2/h3,5,7H,4,6H2,1-2H3. The first kappa shape index (κ1) is 9.60. The number of rotatable bonds is 3. The molecule has 0 radical (unpaired) electrons. The lowest BCUT2D eigenvalue weighted by Gasteiger charge is -2.08. The van der Waals surface area contributed by atoms with Crippen molar-refractivity contribution < 1.29 is 4.74 Å². The van der Waals surface area contributed by atoms with Crippen molar-refractivity contribution in [2.75, 3.05) is 7.11 Å². The summed E-state index contributed by atoms with van der Waals surface area (Å²) in [4.78, 5) is 0. The maximum Gasteiger partial charge on any atom is 0.122 e. The maximum absolute atomic E-state index is 8.46. The van der Waals surface area contributed by atoms with E-state index in [0.29, 0.717) is 6.42 Å². The summed E-state index contributed by atoms with van der Waals surface area (Å²) < 4.78 is 5.18. The Bertz CT molecular complexity index is 325. The van der Waals surface area contributed by atoms with E-state index in [9.17, 15) is 0 Å². The molecule has 0 fully saturated rings. The minimum absolute atomic E-state index is 0.563. The summed E-state index contributed by atoms with van der Waals surface area (Å²) in [6, 6.07) is 8.07. The molecule has 0 aliphatic rings. The van der Waals surface area contributed by atoms with Gasteiger partial charge in [-0.1, -0.05) is 12.1 Å². The highest BCUT2D eigenvalue weighted by Crippen LogP contribution is 2.21. The minimum atomic E-state index is 0.563. The average molecular weight is 175 g/mol. The summed E-state index contributed by atoms with van der Waals surface area (Å²) in [7, 11) is 1.66. The molecule has 1 aromatic carbocycles. The fourth-order valence-corrected chi connectivity index (χ4v) is 1.34. The third kappa shape index (κ3) is 2.22. The van der Waals surface area contributed by atoms with Crippen molar-refractivity contribution in [3.8, 4) is 11.8 Å². The fourth-order valence-electron chi connectivity index (χ4n) is 1.34. The second-order valence-corrected chi connectivity index (χ2v) is 2.90. The van der Waals surface area contributed by atoms with Crippen molar-refractivity contribution in [1.29, 1.82) is 5.26 Å². The number of hydrogen-bond donors (Lipinski definition) is 0. The van der Waals surface area contributed by atoms with Gasteiger partial charge in [0.2, 0.25) is 0 Å². The normalized spacial score (nSPS) is 9.31. The molecule has 0 aliphatic carbocycles. The molecule has 0 saturated carbocycles. The molecule has 0 unspecified atom stereocenters. The van der Waals surface area contributed by atoms with Crippen LogP contribution in [0.1, 0.15) is 17.5 Å². The second kappa shape index (κ2) is 4.51. The second-order valence-electron chi connectivity index (χ2n) is 2.90. The van der Waals surface area contributed by atoms with Crippen LogP contribution in [0.2, 0.25) is 0 Å². The highest BCUT2D eigenvalue weighted by Gasteiger charge is 2.02. The third-order valence-electron chi connectivity index (χ3n) is 2.12. The molecule has 68 valence electrons. The van der Waals surface area contributed by atoms with Gasteiger partial charge in [0.05, 0.1) is 13.2 Å². The van der Waals surface area contributed by atoms with Crippen LogP contribution in [0.4, 0.5) is 0 Å². The Morgan fingerprint density at radius 2 is 2.23 bits per heavy atom. The van der Waals surface area contributed by atoms with E-state index in [2.05, 4.69) is 6.07 Å². The first-order valence-corrected chi connectivity index (χ1v) is 4.29. The van der Waals surface area contributed by atoms with Crippen LogP contribution in [0.5, 0.6) is 5.75 Å². The molecule has 0 saturated heterocycles. The van der Waals surface area contributed by atoms with Crippen LogP contribution in [-0.2, 0) is 6.42 Å². The monoisotopic (exact) mass is 175 g/mol. The van der Waals surface area contributed by atoms with E-state index in [0.717, 1.165) is 17.7 Å². The topological polar surface area (TPSA) is 33.0 Å². The van der Waals surface area contributed by atoms with E-state index in [1.165, 1.54) is 5.56 Å². The quantitative estimate of drug-likeness (QED) is 0.707. The number of hydrogen-bond acceptors (Lipinski definition) is 2. The summed E-state index contributed by atoms with van der Waals surface area (Å²) in [6.07, 6.45) is 1.37. The highest BCUT2D eigenvalue weighted by molar-refractivity contribution is 5.39. The molecule has 0 heterocycles. The molecule has 1 rings (SSSR count). The van der Waals surface area contributed by atoms with Crippen LogP contribution in [0.25, 0.3) is 0 Å². The number of benzene rings is 1. The van der Waals surface area contributed by atoms with Crippen LogP contribution in [0.15, 0.2) is 18.2 Å². The van der Waals surface area contributed by atoms with Gasteiger partial charge >= 0.3 is 0 Å². The summed E-state index contributed by atoms with van der Waals surface area (Å²) in [5, 5.41) is 8.46. The van der Waals surface area contributed by atoms with E-state index in [1.807, 2.05) is 25.1 Å². The number of nitriles is 1. The number of methoxy groups -OCH3 is 1. The fraction of sp³-hybridized carbons (Fsp3) is 0.364. The lowest BCUT2D eigenvalue weighted by Crippen LogP contribution is -1.93. The van der Waals surface area contributed by atoms with Gasteiger partial charge < -0.3 is 4.74 Å². The molecule has 0 aliphatic heterocycles. The largest absolute Gasteiger partial charge is 0.496 e. The Morgan fingerprint density at radius 1 is 1.46 bits per heavy atom. The third-order valence-corrected chi connectivity index (χ3v) is 2.12. The molecule has 0 bridgehead atoms. The van der Waals surface area contributed by atoms with Gasteiger partial charge in [-0.25, -0.2) is 0 Å². The summed E-state index contributed by atoms with van der Waals surface area (Å²) in [6.45, 7) is 2.02. The summed E-state index contributed by atoms with van der Waals surface area (Å²) in [5.74, 6) is 0.899.